The number of urea groups is 1. The molecular weight excluding hydrogens is 224 g/mol. The lowest BCUT2D eigenvalue weighted by Gasteiger charge is -2.19. The van der Waals surface area contributed by atoms with E-state index in [2.05, 4.69) is 5.32 Å². The topological polar surface area (TPSA) is 32.3 Å². The number of benzene rings is 1. The molecule has 0 atom stereocenters. The molecule has 1 aromatic carbocycles. The van der Waals surface area contributed by atoms with Crippen LogP contribution in [-0.2, 0) is 0 Å². The van der Waals surface area contributed by atoms with Crippen molar-refractivity contribution >= 4 is 23.3 Å². The number of hydrogen-bond acceptors (Lipinski definition) is 1. The molecule has 0 heterocycles. The fourth-order valence-electron chi connectivity index (χ4n) is 1.44. The quantitative estimate of drug-likeness (QED) is 0.862. The van der Waals surface area contributed by atoms with Gasteiger partial charge in [0.25, 0.3) is 0 Å². The Hall–Kier alpha value is -1.22. The van der Waals surface area contributed by atoms with Crippen molar-refractivity contribution in [3.05, 3.63) is 28.8 Å². The zero-order valence-electron chi connectivity index (χ0n) is 9.88. The summed E-state index contributed by atoms with van der Waals surface area (Å²) < 4.78 is 0. The first-order chi connectivity index (χ1) is 7.58. The fraction of sp³-hybridized carbons (Fsp3) is 0.417. The van der Waals surface area contributed by atoms with E-state index < -0.39 is 0 Å². The van der Waals surface area contributed by atoms with Gasteiger partial charge in [-0.25, -0.2) is 4.79 Å². The van der Waals surface area contributed by atoms with Gasteiger partial charge in [0, 0.05) is 13.1 Å². The SMILES string of the molecule is CCN(CC)C(=O)Nc1cc(C)ccc1Cl. The monoisotopic (exact) mass is 240 g/mol. The van der Waals surface area contributed by atoms with Crippen LogP contribution in [0, 0.1) is 6.92 Å². The first-order valence-electron chi connectivity index (χ1n) is 5.40. The Morgan fingerprint density at radius 2 is 2.00 bits per heavy atom. The summed E-state index contributed by atoms with van der Waals surface area (Å²) in [7, 11) is 0. The molecule has 0 radical (unpaired) electrons. The van der Waals surface area contributed by atoms with Crippen LogP contribution in [-0.4, -0.2) is 24.0 Å². The Labute approximate surface area is 101 Å². The summed E-state index contributed by atoms with van der Waals surface area (Å²) in [6.45, 7) is 7.22. The number of carbonyl (C=O) groups is 1. The molecule has 0 fully saturated rings. The van der Waals surface area contributed by atoms with E-state index in [1.807, 2.05) is 32.9 Å². The molecule has 0 aliphatic carbocycles. The van der Waals surface area contributed by atoms with Crippen LogP contribution in [0.15, 0.2) is 18.2 Å². The Morgan fingerprint density at radius 3 is 2.56 bits per heavy atom. The number of hydrogen-bond donors (Lipinski definition) is 1. The molecule has 0 unspecified atom stereocenters. The Morgan fingerprint density at radius 1 is 1.38 bits per heavy atom. The van der Waals surface area contributed by atoms with Gasteiger partial charge in [-0.2, -0.15) is 0 Å². The average molecular weight is 241 g/mol. The molecule has 0 saturated heterocycles. The van der Waals surface area contributed by atoms with Gasteiger partial charge in [-0.05, 0) is 38.5 Å². The minimum absolute atomic E-state index is 0.113. The lowest BCUT2D eigenvalue weighted by molar-refractivity contribution is 0.217. The lowest BCUT2D eigenvalue weighted by Crippen LogP contribution is -2.34. The average Bonchev–Trinajstić information content (AvgIpc) is 2.25. The number of amides is 2. The van der Waals surface area contributed by atoms with Crippen molar-refractivity contribution in [2.75, 3.05) is 18.4 Å². The van der Waals surface area contributed by atoms with Crippen LogP contribution >= 0.6 is 11.6 Å². The molecular formula is C12H17ClN2O. The van der Waals surface area contributed by atoms with E-state index in [0.717, 1.165) is 5.56 Å². The van der Waals surface area contributed by atoms with Crippen LogP contribution in [0.2, 0.25) is 5.02 Å². The van der Waals surface area contributed by atoms with Crippen LogP contribution in [0.25, 0.3) is 0 Å². The van der Waals surface area contributed by atoms with E-state index >= 15 is 0 Å². The number of nitrogens with one attached hydrogen (secondary N) is 1. The molecule has 16 heavy (non-hydrogen) atoms. The molecule has 4 heteroatoms. The highest BCUT2D eigenvalue weighted by Gasteiger charge is 2.10. The van der Waals surface area contributed by atoms with E-state index in [1.54, 1.807) is 11.0 Å². The normalized spacial score (nSPS) is 10.0. The van der Waals surface area contributed by atoms with Crippen molar-refractivity contribution in [3.63, 3.8) is 0 Å². The number of rotatable bonds is 3. The second-order valence-electron chi connectivity index (χ2n) is 3.59. The molecule has 0 aliphatic rings. The van der Waals surface area contributed by atoms with E-state index in [4.69, 9.17) is 11.6 Å². The summed E-state index contributed by atoms with van der Waals surface area (Å²) in [5.41, 5.74) is 1.73. The van der Waals surface area contributed by atoms with Gasteiger partial charge in [-0.3, -0.25) is 0 Å². The van der Waals surface area contributed by atoms with E-state index in [-0.39, 0.29) is 6.03 Å². The van der Waals surface area contributed by atoms with Crippen molar-refractivity contribution in [3.8, 4) is 0 Å². The standard InChI is InChI=1S/C12H17ClN2O/c1-4-15(5-2)12(16)14-11-8-9(3)6-7-10(11)13/h6-8H,4-5H2,1-3H3,(H,14,16). The molecule has 1 rings (SSSR count). The predicted molar refractivity (Wildman–Crippen MR) is 68.1 cm³/mol. The number of nitrogens with zero attached hydrogens (tertiary/aromatic N) is 1. The largest absolute Gasteiger partial charge is 0.325 e. The highest BCUT2D eigenvalue weighted by atomic mass is 35.5. The van der Waals surface area contributed by atoms with Crippen LogP contribution in [0.5, 0.6) is 0 Å². The molecule has 0 aromatic heterocycles. The smallest absolute Gasteiger partial charge is 0.321 e. The first kappa shape index (κ1) is 12.8. The van der Waals surface area contributed by atoms with Gasteiger partial charge < -0.3 is 10.2 Å². The van der Waals surface area contributed by atoms with Crippen molar-refractivity contribution < 1.29 is 4.79 Å². The third-order valence-electron chi connectivity index (χ3n) is 2.41. The van der Waals surface area contributed by atoms with Crippen LogP contribution in [0.3, 0.4) is 0 Å². The maximum Gasteiger partial charge on any atom is 0.321 e. The second-order valence-corrected chi connectivity index (χ2v) is 3.99. The predicted octanol–water partition coefficient (Wildman–Crippen LogP) is 3.52. The highest BCUT2D eigenvalue weighted by molar-refractivity contribution is 6.33. The number of halogens is 1. The van der Waals surface area contributed by atoms with Gasteiger partial charge in [0.2, 0.25) is 0 Å². The zero-order chi connectivity index (χ0) is 12.1. The summed E-state index contributed by atoms with van der Waals surface area (Å²) in [4.78, 5) is 13.5. The van der Waals surface area contributed by atoms with Crippen LogP contribution in [0.1, 0.15) is 19.4 Å². The number of anilines is 1. The van der Waals surface area contributed by atoms with Gasteiger partial charge in [0.05, 0.1) is 10.7 Å². The summed E-state index contributed by atoms with van der Waals surface area (Å²) in [6, 6.07) is 5.45. The molecule has 1 aromatic rings. The third-order valence-corrected chi connectivity index (χ3v) is 2.74. The van der Waals surface area contributed by atoms with Gasteiger partial charge in [0.15, 0.2) is 0 Å². The molecule has 0 aliphatic heterocycles. The molecule has 3 nitrogen and oxygen atoms in total. The van der Waals surface area contributed by atoms with Crippen molar-refractivity contribution in [1.29, 1.82) is 0 Å². The maximum absolute atomic E-state index is 11.8. The van der Waals surface area contributed by atoms with Crippen molar-refractivity contribution in [2.45, 2.75) is 20.8 Å². The summed E-state index contributed by atoms with van der Waals surface area (Å²) in [5.74, 6) is 0. The fourth-order valence-corrected chi connectivity index (χ4v) is 1.60. The van der Waals surface area contributed by atoms with Gasteiger partial charge in [0.1, 0.15) is 0 Å². The minimum atomic E-state index is -0.113. The second kappa shape index (κ2) is 5.75. The van der Waals surface area contributed by atoms with Gasteiger partial charge in [-0.1, -0.05) is 17.7 Å². The highest BCUT2D eigenvalue weighted by Crippen LogP contribution is 2.22. The van der Waals surface area contributed by atoms with Gasteiger partial charge in [-0.15, -0.1) is 0 Å². The van der Waals surface area contributed by atoms with Crippen LogP contribution < -0.4 is 5.32 Å². The molecule has 0 spiro atoms. The zero-order valence-corrected chi connectivity index (χ0v) is 10.6. The molecule has 88 valence electrons. The van der Waals surface area contributed by atoms with E-state index in [0.29, 0.717) is 23.8 Å². The van der Waals surface area contributed by atoms with Crippen LogP contribution in [0.4, 0.5) is 10.5 Å². The van der Waals surface area contributed by atoms with E-state index in [9.17, 15) is 4.79 Å². The molecule has 0 bridgehead atoms. The lowest BCUT2D eigenvalue weighted by atomic mass is 10.2. The van der Waals surface area contributed by atoms with Gasteiger partial charge >= 0.3 is 6.03 Å². The molecule has 1 N–H and O–H groups in total. The number of carbonyl (C=O) groups excluding carboxylic acids is 1. The third kappa shape index (κ3) is 3.14. The maximum atomic E-state index is 11.8. The Bertz CT molecular complexity index is 375. The molecule has 2 amide bonds. The first-order valence-corrected chi connectivity index (χ1v) is 5.78. The van der Waals surface area contributed by atoms with Crippen molar-refractivity contribution in [1.82, 2.24) is 4.90 Å². The summed E-state index contributed by atoms with van der Waals surface area (Å²) >= 11 is 6.00. The Balaban J connectivity index is 2.80. The summed E-state index contributed by atoms with van der Waals surface area (Å²) in [6.07, 6.45) is 0. The number of aryl methyl sites for hydroxylation is 1. The summed E-state index contributed by atoms with van der Waals surface area (Å²) in [5, 5.41) is 3.37. The van der Waals surface area contributed by atoms with Crippen molar-refractivity contribution in [2.24, 2.45) is 0 Å². The minimum Gasteiger partial charge on any atom is -0.325 e. The molecule has 0 saturated carbocycles. The Kier molecular flexibility index (Phi) is 4.62. The van der Waals surface area contributed by atoms with E-state index in [1.165, 1.54) is 0 Å².